The molecule has 58 valence electrons. The predicted molar refractivity (Wildman–Crippen MR) is 46.1 cm³/mol. The molecule has 3 rings (SSSR count). The largest absolute Gasteiger partial charge is 0.0879 e. The molecule has 0 aromatic carbocycles. The maximum Gasteiger partial charge on any atom is -0.0104 e. The lowest BCUT2D eigenvalue weighted by Crippen LogP contribution is -2.21. The van der Waals surface area contributed by atoms with Crippen LogP contribution in [-0.4, -0.2) is 0 Å². The van der Waals surface area contributed by atoms with E-state index in [9.17, 15) is 0 Å². The second kappa shape index (κ2) is 1.63. The topological polar surface area (TPSA) is 0 Å². The number of hydrogen-bond acceptors (Lipinski definition) is 0. The van der Waals surface area contributed by atoms with Crippen LogP contribution < -0.4 is 0 Å². The SMILES string of the molecule is CC12C=CC(C1)C1C=CCC12. The number of rotatable bonds is 0. The van der Waals surface area contributed by atoms with E-state index >= 15 is 0 Å². The summed E-state index contributed by atoms with van der Waals surface area (Å²) in [5.41, 5.74) is 0.568. The lowest BCUT2D eigenvalue weighted by molar-refractivity contribution is 0.288. The van der Waals surface area contributed by atoms with Crippen molar-refractivity contribution in [1.29, 1.82) is 0 Å². The van der Waals surface area contributed by atoms with Crippen LogP contribution in [0.15, 0.2) is 24.3 Å². The van der Waals surface area contributed by atoms with E-state index in [1.54, 1.807) is 0 Å². The lowest BCUT2D eigenvalue weighted by Gasteiger charge is -2.28. The molecule has 0 aliphatic heterocycles. The molecule has 0 spiro atoms. The molecule has 1 fully saturated rings. The fraction of sp³-hybridized carbons (Fsp3) is 0.636. The Morgan fingerprint density at radius 3 is 3.09 bits per heavy atom. The van der Waals surface area contributed by atoms with E-state index < -0.39 is 0 Å². The van der Waals surface area contributed by atoms with Gasteiger partial charge in [-0.15, -0.1) is 0 Å². The molecule has 0 radical (unpaired) electrons. The molecule has 2 bridgehead atoms. The van der Waals surface area contributed by atoms with Crippen LogP contribution in [0.25, 0.3) is 0 Å². The Kier molecular flexibility index (Phi) is 0.894. The van der Waals surface area contributed by atoms with E-state index in [0.717, 1.165) is 17.8 Å². The van der Waals surface area contributed by atoms with Gasteiger partial charge in [-0.2, -0.15) is 0 Å². The minimum absolute atomic E-state index is 0.568. The summed E-state index contributed by atoms with van der Waals surface area (Å²) < 4.78 is 0. The van der Waals surface area contributed by atoms with E-state index in [1.807, 2.05) is 0 Å². The highest BCUT2D eigenvalue weighted by molar-refractivity contribution is 5.26. The van der Waals surface area contributed by atoms with Crippen molar-refractivity contribution < 1.29 is 0 Å². The maximum absolute atomic E-state index is 2.46. The van der Waals surface area contributed by atoms with Gasteiger partial charge in [0.1, 0.15) is 0 Å². The molecule has 4 unspecified atom stereocenters. The average Bonchev–Trinajstić information content (AvgIpc) is 2.53. The highest BCUT2D eigenvalue weighted by Crippen LogP contribution is 2.59. The van der Waals surface area contributed by atoms with Crippen molar-refractivity contribution in [3.05, 3.63) is 24.3 Å². The molecule has 0 aromatic rings. The first kappa shape index (κ1) is 6.05. The third-order valence-corrected chi connectivity index (χ3v) is 3.95. The third-order valence-electron chi connectivity index (χ3n) is 3.95. The molecule has 3 aliphatic carbocycles. The summed E-state index contributed by atoms with van der Waals surface area (Å²) in [7, 11) is 0. The first-order valence-electron chi connectivity index (χ1n) is 4.66. The minimum atomic E-state index is 0.568. The third kappa shape index (κ3) is 0.571. The van der Waals surface area contributed by atoms with Gasteiger partial charge in [-0.1, -0.05) is 31.2 Å². The summed E-state index contributed by atoms with van der Waals surface area (Å²) in [5, 5.41) is 0. The molecular formula is C11H14. The Balaban J connectivity index is 2.08. The summed E-state index contributed by atoms with van der Waals surface area (Å²) in [6.07, 6.45) is 12.5. The first-order valence-corrected chi connectivity index (χ1v) is 4.66. The molecule has 0 heteroatoms. The van der Waals surface area contributed by atoms with Gasteiger partial charge in [-0.25, -0.2) is 0 Å². The molecule has 0 heterocycles. The molecule has 3 aliphatic rings. The van der Waals surface area contributed by atoms with Crippen LogP contribution in [0.3, 0.4) is 0 Å². The zero-order chi connectivity index (χ0) is 7.47. The predicted octanol–water partition coefficient (Wildman–Crippen LogP) is 2.77. The molecule has 4 atom stereocenters. The van der Waals surface area contributed by atoms with Gasteiger partial charge in [-0.05, 0) is 36.0 Å². The van der Waals surface area contributed by atoms with E-state index in [1.165, 1.54) is 12.8 Å². The summed E-state index contributed by atoms with van der Waals surface area (Å²) in [5.74, 6) is 2.76. The number of allylic oxidation sites excluding steroid dienone is 4. The zero-order valence-electron chi connectivity index (χ0n) is 6.96. The van der Waals surface area contributed by atoms with Gasteiger partial charge in [0.05, 0.1) is 0 Å². The monoisotopic (exact) mass is 146 g/mol. The Morgan fingerprint density at radius 2 is 2.27 bits per heavy atom. The van der Waals surface area contributed by atoms with Crippen LogP contribution in [0.4, 0.5) is 0 Å². The van der Waals surface area contributed by atoms with Gasteiger partial charge in [0.2, 0.25) is 0 Å². The second-order valence-corrected chi connectivity index (χ2v) is 4.58. The van der Waals surface area contributed by atoms with E-state index in [4.69, 9.17) is 0 Å². The lowest BCUT2D eigenvalue weighted by atomic mass is 9.76. The zero-order valence-corrected chi connectivity index (χ0v) is 6.96. The molecule has 0 amide bonds. The number of hydrogen-bond donors (Lipinski definition) is 0. The minimum Gasteiger partial charge on any atom is -0.0879 e. The van der Waals surface area contributed by atoms with Crippen LogP contribution in [-0.2, 0) is 0 Å². The molecule has 0 saturated heterocycles. The van der Waals surface area contributed by atoms with Crippen molar-refractivity contribution in [2.75, 3.05) is 0 Å². The Morgan fingerprint density at radius 1 is 1.36 bits per heavy atom. The molecular weight excluding hydrogens is 132 g/mol. The normalized spacial score (nSPS) is 57.4. The van der Waals surface area contributed by atoms with Gasteiger partial charge in [0.25, 0.3) is 0 Å². The van der Waals surface area contributed by atoms with E-state index in [-0.39, 0.29) is 0 Å². The standard InChI is InChI=1S/C11H14/c1-11-6-5-8(7-11)9-3-2-4-10(9)11/h2-3,5-6,8-10H,4,7H2,1H3. The summed E-state index contributed by atoms with van der Waals surface area (Å²) in [6.45, 7) is 2.43. The molecule has 1 saturated carbocycles. The first-order chi connectivity index (χ1) is 5.30. The second-order valence-electron chi connectivity index (χ2n) is 4.58. The van der Waals surface area contributed by atoms with Gasteiger partial charge < -0.3 is 0 Å². The van der Waals surface area contributed by atoms with Crippen molar-refractivity contribution >= 4 is 0 Å². The van der Waals surface area contributed by atoms with Crippen LogP contribution in [0, 0.1) is 23.2 Å². The van der Waals surface area contributed by atoms with Gasteiger partial charge in [0.15, 0.2) is 0 Å². The maximum atomic E-state index is 2.46. The van der Waals surface area contributed by atoms with Crippen LogP contribution >= 0.6 is 0 Å². The fourth-order valence-corrected chi connectivity index (χ4v) is 3.35. The summed E-state index contributed by atoms with van der Waals surface area (Å²) in [4.78, 5) is 0. The molecule has 11 heavy (non-hydrogen) atoms. The van der Waals surface area contributed by atoms with Crippen molar-refractivity contribution in [3.63, 3.8) is 0 Å². The van der Waals surface area contributed by atoms with Gasteiger partial charge >= 0.3 is 0 Å². The molecule has 0 aromatic heterocycles. The highest BCUT2D eigenvalue weighted by atomic mass is 14.6. The van der Waals surface area contributed by atoms with Crippen molar-refractivity contribution in [1.82, 2.24) is 0 Å². The van der Waals surface area contributed by atoms with Gasteiger partial charge in [-0.3, -0.25) is 0 Å². The Bertz CT molecular complexity index is 249. The van der Waals surface area contributed by atoms with E-state index in [2.05, 4.69) is 31.2 Å². The molecule has 0 N–H and O–H groups in total. The molecule has 0 nitrogen and oxygen atoms in total. The smallest absolute Gasteiger partial charge is 0.0104 e. The van der Waals surface area contributed by atoms with Crippen molar-refractivity contribution in [2.24, 2.45) is 23.2 Å². The van der Waals surface area contributed by atoms with Gasteiger partial charge in [0, 0.05) is 0 Å². The van der Waals surface area contributed by atoms with Crippen LogP contribution in [0.5, 0.6) is 0 Å². The van der Waals surface area contributed by atoms with Crippen molar-refractivity contribution in [2.45, 2.75) is 19.8 Å². The van der Waals surface area contributed by atoms with Crippen LogP contribution in [0.2, 0.25) is 0 Å². The fourth-order valence-electron chi connectivity index (χ4n) is 3.35. The Hall–Kier alpha value is -0.520. The number of fused-ring (bicyclic) bond motifs is 5. The summed E-state index contributed by atoms with van der Waals surface area (Å²) in [6, 6.07) is 0. The summed E-state index contributed by atoms with van der Waals surface area (Å²) >= 11 is 0. The highest BCUT2D eigenvalue weighted by Gasteiger charge is 2.51. The Labute approximate surface area is 68.0 Å². The quantitative estimate of drug-likeness (QED) is 0.461. The van der Waals surface area contributed by atoms with E-state index in [0.29, 0.717) is 5.41 Å². The van der Waals surface area contributed by atoms with Crippen molar-refractivity contribution in [3.8, 4) is 0 Å². The average molecular weight is 146 g/mol. The van der Waals surface area contributed by atoms with Crippen LogP contribution in [0.1, 0.15) is 19.8 Å².